The van der Waals surface area contributed by atoms with Gasteiger partial charge >= 0.3 is 0 Å². The summed E-state index contributed by atoms with van der Waals surface area (Å²) in [6.07, 6.45) is 5.39. The van der Waals surface area contributed by atoms with Crippen LogP contribution in [-0.4, -0.2) is 55.6 Å². The zero-order valence-corrected chi connectivity index (χ0v) is 18.9. The van der Waals surface area contributed by atoms with Crippen molar-refractivity contribution in [2.75, 3.05) is 49.7 Å². The Labute approximate surface area is 199 Å². The highest BCUT2D eigenvalue weighted by Gasteiger charge is 2.17. The van der Waals surface area contributed by atoms with Gasteiger partial charge in [-0.05, 0) is 47.5 Å². The van der Waals surface area contributed by atoms with E-state index in [0.29, 0.717) is 30.3 Å². The summed E-state index contributed by atoms with van der Waals surface area (Å²) in [5.74, 6) is 2.03. The third-order valence-electron chi connectivity index (χ3n) is 6.04. The number of rotatable bonds is 6. The van der Waals surface area contributed by atoms with Crippen molar-refractivity contribution in [1.82, 2.24) is 9.97 Å². The Hall–Kier alpha value is -3.67. The van der Waals surface area contributed by atoms with Crippen molar-refractivity contribution in [3.63, 3.8) is 0 Å². The first-order valence-electron chi connectivity index (χ1n) is 11.6. The first-order chi connectivity index (χ1) is 16.8. The van der Waals surface area contributed by atoms with E-state index in [1.807, 2.05) is 42.6 Å². The molecule has 0 atom stereocenters. The fourth-order valence-electron chi connectivity index (χ4n) is 4.15. The van der Waals surface area contributed by atoms with Crippen LogP contribution in [0.2, 0.25) is 0 Å². The number of aromatic nitrogens is 2. The molecule has 5 rings (SSSR count). The molecule has 0 amide bonds. The van der Waals surface area contributed by atoms with Crippen LogP contribution in [0, 0.1) is 11.3 Å². The van der Waals surface area contributed by atoms with Gasteiger partial charge in [0.1, 0.15) is 29.6 Å². The Morgan fingerprint density at radius 2 is 1.71 bits per heavy atom. The average molecular weight is 458 g/mol. The molecule has 0 aliphatic carbocycles. The van der Waals surface area contributed by atoms with Gasteiger partial charge in [0.25, 0.3) is 0 Å². The Bertz CT molecular complexity index is 1150. The zero-order chi connectivity index (χ0) is 23.2. The second-order valence-electron chi connectivity index (χ2n) is 8.31. The maximum absolute atomic E-state index is 9.69. The van der Waals surface area contributed by atoms with Gasteiger partial charge in [0, 0.05) is 32.1 Å². The lowest BCUT2D eigenvalue weighted by Gasteiger charge is -2.28. The fourth-order valence-corrected chi connectivity index (χ4v) is 4.15. The van der Waals surface area contributed by atoms with Gasteiger partial charge in [0.05, 0.1) is 43.9 Å². The molecule has 8 nitrogen and oxygen atoms in total. The van der Waals surface area contributed by atoms with Crippen molar-refractivity contribution < 1.29 is 14.2 Å². The quantitative estimate of drug-likeness (QED) is 0.590. The lowest BCUT2D eigenvalue weighted by molar-refractivity contribution is 0.0254. The second-order valence-corrected chi connectivity index (χ2v) is 8.31. The lowest BCUT2D eigenvalue weighted by Crippen LogP contribution is -2.36. The number of nitrogens with one attached hydrogen (secondary N) is 1. The van der Waals surface area contributed by atoms with E-state index in [1.165, 1.54) is 0 Å². The van der Waals surface area contributed by atoms with Crippen LogP contribution in [-0.2, 0) is 9.47 Å². The Kier molecular flexibility index (Phi) is 6.84. The number of nitrogens with zero attached hydrogens (tertiary/aromatic N) is 4. The Morgan fingerprint density at radius 1 is 0.912 bits per heavy atom. The van der Waals surface area contributed by atoms with Crippen molar-refractivity contribution >= 4 is 17.3 Å². The van der Waals surface area contributed by atoms with E-state index in [-0.39, 0.29) is 6.10 Å². The van der Waals surface area contributed by atoms with Gasteiger partial charge in [0.15, 0.2) is 0 Å². The molecule has 2 saturated heterocycles. The zero-order valence-electron chi connectivity index (χ0n) is 18.9. The van der Waals surface area contributed by atoms with Crippen LogP contribution in [0.4, 0.5) is 17.3 Å². The highest BCUT2D eigenvalue weighted by molar-refractivity contribution is 5.70. The molecule has 4 heterocycles. The minimum absolute atomic E-state index is 0.0885. The van der Waals surface area contributed by atoms with Gasteiger partial charge in [-0.1, -0.05) is 6.07 Å². The second kappa shape index (κ2) is 10.5. The molecule has 0 spiro atoms. The Balaban J connectivity index is 1.29. The monoisotopic (exact) mass is 457 g/mol. The van der Waals surface area contributed by atoms with Gasteiger partial charge in [0.2, 0.25) is 0 Å². The molecule has 0 unspecified atom stereocenters. The summed E-state index contributed by atoms with van der Waals surface area (Å²) in [5, 5.41) is 13.0. The summed E-state index contributed by atoms with van der Waals surface area (Å²) >= 11 is 0. The van der Waals surface area contributed by atoms with E-state index >= 15 is 0 Å². The molecule has 2 aliphatic rings. The topological polar surface area (TPSA) is 92.5 Å². The van der Waals surface area contributed by atoms with Crippen LogP contribution < -0.4 is 15.0 Å². The van der Waals surface area contributed by atoms with Crippen LogP contribution in [0.15, 0.2) is 54.9 Å². The summed E-state index contributed by atoms with van der Waals surface area (Å²) in [6.45, 7) is 4.63. The van der Waals surface area contributed by atoms with Gasteiger partial charge in [-0.15, -0.1) is 0 Å². The molecular weight excluding hydrogens is 430 g/mol. The number of hydrogen-bond donors (Lipinski definition) is 1. The van der Waals surface area contributed by atoms with Gasteiger partial charge in [-0.2, -0.15) is 5.26 Å². The molecule has 1 N–H and O–H groups in total. The summed E-state index contributed by atoms with van der Waals surface area (Å²) in [5.41, 5.74) is 3.49. The van der Waals surface area contributed by atoms with Crippen molar-refractivity contribution in [2.45, 2.75) is 18.9 Å². The number of morpholine rings is 1. The van der Waals surface area contributed by atoms with Crippen molar-refractivity contribution in [3.8, 4) is 22.9 Å². The highest BCUT2D eigenvalue weighted by atomic mass is 16.5. The summed E-state index contributed by atoms with van der Waals surface area (Å²) in [6, 6.07) is 15.9. The maximum atomic E-state index is 9.69. The van der Waals surface area contributed by atoms with Crippen LogP contribution >= 0.6 is 0 Å². The maximum Gasteiger partial charge on any atom is 0.137 e. The SMILES string of the molecule is N#Cc1cc(-c2ccnc(Nc3ccc(N4CCOCC4)cn3)c2)ccc1OC1CCOCC1. The lowest BCUT2D eigenvalue weighted by atomic mass is 10.0. The van der Waals surface area contributed by atoms with Crippen molar-refractivity contribution in [3.05, 3.63) is 60.4 Å². The van der Waals surface area contributed by atoms with Gasteiger partial charge < -0.3 is 24.4 Å². The normalized spacial score (nSPS) is 16.6. The molecule has 2 fully saturated rings. The molecule has 0 saturated carbocycles. The van der Waals surface area contributed by atoms with E-state index in [4.69, 9.17) is 14.2 Å². The largest absolute Gasteiger partial charge is 0.489 e. The molecule has 34 heavy (non-hydrogen) atoms. The van der Waals surface area contributed by atoms with E-state index < -0.39 is 0 Å². The molecule has 3 aromatic rings. The first kappa shape index (κ1) is 22.1. The van der Waals surface area contributed by atoms with Gasteiger partial charge in [-0.3, -0.25) is 0 Å². The van der Waals surface area contributed by atoms with E-state index in [9.17, 15) is 5.26 Å². The molecule has 1 aromatic carbocycles. The van der Waals surface area contributed by atoms with Crippen LogP contribution in [0.5, 0.6) is 5.75 Å². The number of pyridine rings is 2. The minimum atomic E-state index is 0.0885. The van der Waals surface area contributed by atoms with E-state index in [0.717, 1.165) is 61.8 Å². The number of hydrogen-bond acceptors (Lipinski definition) is 8. The van der Waals surface area contributed by atoms with Gasteiger partial charge in [-0.25, -0.2) is 9.97 Å². The molecule has 174 valence electrons. The number of anilines is 3. The van der Waals surface area contributed by atoms with E-state index in [1.54, 1.807) is 6.20 Å². The summed E-state index contributed by atoms with van der Waals surface area (Å²) in [7, 11) is 0. The summed E-state index contributed by atoms with van der Waals surface area (Å²) in [4.78, 5) is 11.2. The van der Waals surface area contributed by atoms with Crippen molar-refractivity contribution in [2.24, 2.45) is 0 Å². The van der Waals surface area contributed by atoms with Crippen LogP contribution in [0.25, 0.3) is 11.1 Å². The predicted molar refractivity (Wildman–Crippen MR) is 129 cm³/mol. The summed E-state index contributed by atoms with van der Waals surface area (Å²) < 4.78 is 16.9. The average Bonchev–Trinajstić information content (AvgIpc) is 2.91. The number of ether oxygens (including phenoxy) is 3. The minimum Gasteiger partial charge on any atom is -0.489 e. The third kappa shape index (κ3) is 5.28. The molecule has 2 aromatic heterocycles. The molecular formula is C26H27N5O3. The van der Waals surface area contributed by atoms with Crippen LogP contribution in [0.3, 0.4) is 0 Å². The highest BCUT2D eigenvalue weighted by Crippen LogP contribution is 2.29. The molecule has 0 bridgehead atoms. The standard InChI is InChI=1S/C26H27N5O3/c27-17-21-15-19(1-3-24(21)34-23-6-11-32-12-7-23)20-5-8-28-26(16-20)30-25-4-2-22(18-29-25)31-9-13-33-14-10-31/h1-5,8,15-16,18,23H,6-7,9-14H2,(H,28,29,30). The van der Waals surface area contributed by atoms with Crippen molar-refractivity contribution in [1.29, 1.82) is 5.26 Å². The molecule has 8 heteroatoms. The molecule has 0 radical (unpaired) electrons. The smallest absolute Gasteiger partial charge is 0.137 e. The third-order valence-corrected chi connectivity index (χ3v) is 6.04. The number of nitriles is 1. The Morgan fingerprint density at radius 3 is 2.47 bits per heavy atom. The van der Waals surface area contributed by atoms with E-state index in [2.05, 4.69) is 32.3 Å². The number of benzene rings is 1. The molecule has 2 aliphatic heterocycles. The predicted octanol–water partition coefficient (Wildman–Crippen LogP) is 4.15. The first-order valence-corrected chi connectivity index (χ1v) is 11.6. The van der Waals surface area contributed by atoms with Crippen LogP contribution in [0.1, 0.15) is 18.4 Å². The fraction of sp³-hybridized carbons (Fsp3) is 0.346.